The van der Waals surface area contributed by atoms with E-state index in [0.29, 0.717) is 6.79 Å². The summed E-state index contributed by atoms with van der Waals surface area (Å²) in [6.07, 6.45) is 5.57. The van der Waals surface area contributed by atoms with E-state index in [-0.39, 0.29) is 0 Å². The normalized spacial score (nSPS) is 18.5. The zero-order valence-corrected chi connectivity index (χ0v) is 12.0. The van der Waals surface area contributed by atoms with Crippen LogP contribution in [0.25, 0.3) is 0 Å². The van der Waals surface area contributed by atoms with Gasteiger partial charge >= 0.3 is 0 Å². The van der Waals surface area contributed by atoms with E-state index in [0.717, 1.165) is 35.0 Å². The quantitative estimate of drug-likeness (QED) is 0.923. The molecular weight excluding hydrogens is 294 g/mol. The zero-order chi connectivity index (χ0) is 12.4. The van der Waals surface area contributed by atoms with Gasteiger partial charge in [0.2, 0.25) is 6.79 Å². The predicted octanol–water partition coefficient (Wildman–Crippen LogP) is 3.46. The van der Waals surface area contributed by atoms with Crippen molar-refractivity contribution in [1.29, 1.82) is 0 Å². The topological polar surface area (TPSA) is 30.5 Å². The highest BCUT2D eigenvalue weighted by Gasteiger charge is 2.17. The van der Waals surface area contributed by atoms with Crippen LogP contribution in [-0.4, -0.2) is 13.3 Å². The Kier molecular flexibility index (Phi) is 3.75. The monoisotopic (exact) mass is 311 g/mol. The molecule has 1 aromatic carbocycles. The Balaban J connectivity index is 1.58. The van der Waals surface area contributed by atoms with E-state index >= 15 is 0 Å². The van der Waals surface area contributed by atoms with Crippen LogP contribution in [0, 0.1) is 5.92 Å². The molecule has 2 aliphatic rings. The van der Waals surface area contributed by atoms with Crippen LogP contribution in [-0.2, 0) is 6.54 Å². The van der Waals surface area contributed by atoms with Crippen molar-refractivity contribution >= 4 is 15.9 Å². The van der Waals surface area contributed by atoms with E-state index in [4.69, 9.17) is 9.47 Å². The molecule has 0 aromatic heterocycles. The van der Waals surface area contributed by atoms with E-state index < -0.39 is 0 Å². The Hall–Kier alpha value is -0.740. The molecule has 3 nitrogen and oxygen atoms in total. The van der Waals surface area contributed by atoms with Gasteiger partial charge in [-0.25, -0.2) is 0 Å². The Bertz CT molecular complexity index is 430. The molecule has 3 rings (SSSR count). The molecule has 0 atom stereocenters. The van der Waals surface area contributed by atoms with Gasteiger partial charge in [0.25, 0.3) is 0 Å². The van der Waals surface area contributed by atoms with E-state index in [1.807, 2.05) is 6.07 Å². The fraction of sp³-hybridized carbons (Fsp3) is 0.571. The standard InChI is InChI=1S/C14H18BrNO2/c15-12-6-14-13(17-9-18-14)5-11(12)8-16-7-10-3-1-2-4-10/h5-6,10,16H,1-4,7-9H2. The van der Waals surface area contributed by atoms with Gasteiger partial charge in [0.15, 0.2) is 11.5 Å². The highest BCUT2D eigenvalue weighted by molar-refractivity contribution is 9.10. The number of halogens is 1. The third-order valence-corrected chi connectivity index (χ3v) is 4.50. The Morgan fingerprint density at radius 1 is 1.17 bits per heavy atom. The molecule has 0 spiro atoms. The molecule has 98 valence electrons. The van der Waals surface area contributed by atoms with Crippen LogP contribution >= 0.6 is 15.9 Å². The molecule has 0 unspecified atom stereocenters. The van der Waals surface area contributed by atoms with Crippen molar-refractivity contribution in [3.8, 4) is 11.5 Å². The minimum absolute atomic E-state index is 0.334. The molecular formula is C14H18BrNO2. The van der Waals surface area contributed by atoms with Gasteiger partial charge < -0.3 is 14.8 Å². The Labute approximate surface area is 116 Å². The summed E-state index contributed by atoms with van der Waals surface area (Å²) in [5.41, 5.74) is 1.23. The highest BCUT2D eigenvalue weighted by atomic mass is 79.9. The number of hydrogen-bond donors (Lipinski definition) is 1. The molecule has 0 amide bonds. The second-order valence-corrected chi connectivity index (χ2v) is 5.93. The summed E-state index contributed by atoms with van der Waals surface area (Å²) in [6.45, 7) is 2.34. The minimum Gasteiger partial charge on any atom is -0.454 e. The molecule has 1 aromatic rings. The smallest absolute Gasteiger partial charge is 0.231 e. The first-order chi connectivity index (χ1) is 8.83. The molecule has 0 radical (unpaired) electrons. The summed E-state index contributed by atoms with van der Waals surface area (Å²) in [6, 6.07) is 4.06. The SMILES string of the molecule is Brc1cc2c(cc1CNCC1CCCC1)OCO2. The lowest BCUT2D eigenvalue weighted by atomic mass is 10.1. The van der Waals surface area contributed by atoms with Gasteiger partial charge in [-0.05, 0) is 43.0 Å². The summed E-state index contributed by atoms with van der Waals surface area (Å²) in [5.74, 6) is 2.56. The maximum absolute atomic E-state index is 5.40. The number of nitrogens with one attached hydrogen (secondary N) is 1. The largest absolute Gasteiger partial charge is 0.454 e. The lowest BCUT2D eigenvalue weighted by Crippen LogP contribution is -2.20. The van der Waals surface area contributed by atoms with Gasteiger partial charge in [0.1, 0.15) is 0 Å². The lowest BCUT2D eigenvalue weighted by Gasteiger charge is -2.12. The highest BCUT2D eigenvalue weighted by Crippen LogP contribution is 2.36. The van der Waals surface area contributed by atoms with Gasteiger partial charge in [-0.2, -0.15) is 0 Å². The van der Waals surface area contributed by atoms with Crippen LogP contribution in [0.4, 0.5) is 0 Å². The molecule has 0 bridgehead atoms. The molecule has 1 heterocycles. The molecule has 0 saturated heterocycles. The van der Waals surface area contributed by atoms with Crippen LogP contribution in [0.2, 0.25) is 0 Å². The second-order valence-electron chi connectivity index (χ2n) is 5.08. The Morgan fingerprint density at radius 2 is 1.89 bits per heavy atom. The van der Waals surface area contributed by atoms with Gasteiger partial charge in [-0.3, -0.25) is 0 Å². The first kappa shape index (κ1) is 12.3. The number of fused-ring (bicyclic) bond motifs is 1. The van der Waals surface area contributed by atoms with Gasteiger partial charge in [0.05, 0.1) is 0 Å². The van der Waals surface area contributed by atoms with Crippen molar-refractivity contribution in [2.75, 3.05) is 13.3 Å². The first-order valence-electron chi connectivity index (χ1n) is 6.61. The van der Waals surface area contributed by atoms with E-state index in [2.05, 4.69) is 27.3 Å². The van der Waals surface area contributed by atoms with Gasteiger partial charge in [0, 0.05) is 11.0 Å². The molecule has 1 fully saturated rings. The fourth-order valence-corrected chi connectivity index (χ4v) is 3.18. The molecule has 1 N–H and O–H groups in total. The van der Waals surface area contributed by atoms with Gasteiger partial charge in [-0.1, -0.05) is 28.8 Å². The van der Waals surface area contributed by atoms with E-state index in [1.165, 1.54) is 31.2 Å². The molecule has 4 heteroatoms. The molecule has 1 saturated carbocycles. The number of ether oxygens (including phenoxy) is 2. The lowest BCUT2D eigenvalue weighted by molar-refractivity contribution is 0.174. The van der Waals surface area contributed by atoms with E-state index in [9.17, 15) is 0 Å². The fourth-order valence-electron chi connectivity index (χ4n) is 2.72. The van der Waals surface area contributed by atoms with Crippen molar-refractivity contribution < 1.29 is 9.47 Å². The van der Waals surface area contributed by atoms with Crippen LogP contribution < -0.4 is 14.8 Å². The molecule has 1 aliphatic heterocycles. The maximum Gasteiger partial charge on any atom is 0.231 e. The third kappa shape index (κ3) is 2.64. The summed E-state index contributed by atoms with van der Waals surface area (Å²) >= 11 is 3.59. The maximum atomic E-state index is 5.40. The summed E-state index contributed by atoms with van der Waals surface area (Å²) in [4.78, 5) is 0. The predicted molar refractivity (Wildman–Crippen MR) is 73.9 cm³/mol. The molecule has 1 aliphatic carbocycles. The number of rotatable bonds is 4. The van der Waals surface area contributed by atoms with Gasteiger partial charge in [-0.15, -0.1) is 0 Å². The zero-order valence-electron chi connectivity index (χ0n) is 10.4. The summed E-state index contributed by atoms with van der Waals surface area (Å²) in [7, 11) is 0. The first-order valence-corrected chi connectivity index (χ1v) is 7.41. The molecule has 18 heavy (non-hydrogen) atoms. The number of benzene rings is 1. The summed E-state index contributed by atoms with van der Waals surface area (Å²) < 4.78 is 11.8. The van der Waals surface area contributed by atoms with Crippen molar-refractivity contribution in [1.82, 2.24) is 5.32 Å². The van der Waals surface area contributed by atoms with Crippen molar-refractivity contribution in [2.45, 2.75) is 32.2 Å². The van der Waals surface area contributed by atoms with Crippen molar-refractivity contribution in [3.05, 3.63) is 22.2 Å². The third-order valence-electron chi connectivity index (χ3n) is 3.76. The average molecular weight is 312 g/mol. The van der Waals surface area contributed by atoms with Crippen LogP contribution in [0.1, 0.15) is 31.2 Å². The average Bonchev–Trinajstić information content (AvgIpc) is 3.00. The Morgan fingerprint density at radius 3 is 2.67 bits per heavy atom. The minimum atomic E-state index is 0.334. The van der Waals surface area contributed by atoms with Crippen LogP contribution in [0.3, 0.4) is 0 Å². The number of hydrogen-bond acceptors (Lipinski definition) is 3. The summed E-state index contributed by atoms with van der Waals surface area (Å²) in [5, 5.41) is 3.55. The van der Waals surface area contributed by atoms with E-state index in [1.54, 1.807) is 0 Å². The van der Waals surface area contributed by atoms with Crippen LogP contribution in [0.5, 0.6) is 11.5 Å². The van der Waals surface area contributed by atoms with Crippen LogP contribution in [0.15, 0.2) is 16.6 Å². The second kappa shape index (κ2) is 5.49. The van der Waals surface area contributed by atoms with Crippen molar-refractivity contribution in [3.63, 3.8) is 0 Å². The van der Waals surface area contributed by atoms with Crippen molar-refractivity contribution in [2.24, 2.45) is 5.92 Å².